The second-order valence-electron chi connectivity index (χ2n) is 6.79. The van der Waals surface area contributed by atoms with Gasteiger partial charge in [0.25, 0.3) is 0 Å². The van der Waals surface area contributed by atoms with Gasteiger partial charge in [-0.2, -0.15) is 10.1 Å². The number of hydrogen-bond donors (Lipinski definition) is 1. The molecule has 1 amide bonds. The maximum atomic E-state index is 13.0. The van der Waals surface area contributed by atoms with Gasteiger partial charge in [-0.15, -0.1) is 0 Å². The molecule has 1 aromatic carbocycles. The molecule has 6 nitrogen and oxygen atoms in total. The van der Waals surface area contributed by atoms with Crippen LogP contribution < -0.4 is 4.90 Å². The third kappa shape index (κ3) is 3.08. The number of aromatic amines is 1. The Kier molecular flexibility index (Phi) is 4.20. The summed E-state index contributed by atoms with van der Waals surface area (Å²) in [5.41, 5.74) is 1.50. The molecule has 132 valence electrons. The number of carbonyl (C=O) groups excluding carboxylic acids is 1. The number of nitrogens with zero attached hydrogens (tertiary/aromatic N) is 4. The van der Waals surface area contributed by atoms with Gasteiger partial charge in [0, 0.05) is 29.5 Å². The number of rotatable bonds is 4. The summed E-state index contributed by atoms with van der Waals surface area (Å²) in [5, 5.41) is 7.82. The Morgan fingerprint density at radius 3 is 2.65 bits per heavy atom. The number of pyridine rings is 1. The Hall–Kier alpha value is -2.73. The van der Waals surface area contributed by atoms with Crippen LogP contribution in [0.1, 0.15) is 18.9 Å². The minimum Gasteiger partial charge on any atom is -0.281 e. The molecule has 26 heavy (non-hydrogen) atoms. The minimum atomic E-state index is -0.461. The summed E-state index contributed by atoms with van der Waals surface area (Å²) >= 11 is 5.95. The predicted molar refractivity (Wildman–Crippen MR) is 99.8 cm³/mol. The van der Waals surface area contributed by atoms with E-state index >= 15 is 0 Å². The van der Waals surface area contributed by atoms with Gasteiger partial charge < -0.3 is 0 Å². The third-order valence-corrected chi connectivity index (χ3v) is 5.08. The monoisotopic (exact) mass is 367 g/mol. The van der Waals surface area contributed by atoms with Crippen LogP contribution >= 0.6 is 11.6 Å². The lowest BCUT2D eigenvalue weighted by Gasteiger charge is -2.22. The van der Waals surface area contributed by atoms with Crippen LogP contribution in [0, 0.1) is 5.41 Å². The molecule has 1 aliphatic rings. The summed E-state index contributed by atoms with van der Waals surface area (Å²) in [6.07, 6.45) is 4.82. The Morgan fingerprint density at radius 1 is 1.19 bits per heavy atom. The maximum Gasteiger partial charge on any atom is 0.235 e. The van der Waals surface area contributed by atoms with Crippen LogP contribution in [0.4, 0.5) is 5.95 Å². The fourth-order valence-electron chi connectivity index (χ4n) is 3.32. The van der Waals surface area contributed by atoms with E-state index in [2.05, 4.69) is 20.2 Å². The number of hydrogen-bond acceptors (Lipinski definition) is 4. The molecule has 3 aromatic rings. The second kappa shape index (κ2) is 6.53. The first-order valence-corrected chi connectivity index (χ1v) is 8.82. The number of nitrogens with one attached hydrogen (secondary N) is 1. The van der Waals surface area contributed by atoms with E-state index in [4.69, 9.17) is 11.6 Å². The van der Waals surface area contributed by atoms with Crippen LogP contribution in [0.15, 0.2) is 48.8 Å². The van der Waals surface area contributed by atoms with E-state index in [1.807, 2.05) is 43.3 Å². The van der Waals surface area contributed by atoms with Crippen LogP contribution in [-0.4, -0.2) is 32.6 Å². The van der Waals surface area contributed by atoms with E-state index in [1.54, 1.807) is 17.3 Å². The van der Waals surface area contributed by atoms with Gasteiger partial charge in [0.1, 0.15) is 0 Å². The molecule has 4 rings (SSSR count). The number of H-pyrrole nitrogens is 1. The first-order chi connectivity index (χ1) is 12.5. The van der Waals surface area contributed by atoms with E-state index in [1.165, 1.54) is 0 Å². The number of aromatic nitrogens is 4. The number of amides is 1. The van der Waals surface area contributed by atoms with Crippen LogP contribution in [-0.2, 0) is 11.2 Å². The van der Waals surface area contributed by atoms with Gasteiger partial charge in [0.05, 0.1) is 5.41 Å². The van der Waals surface area contributed by atoms with Crippen LogP contribution in [0.5, 0.6) is 0 Å². The van der Waals surface area contributed by atoms with Crippen molar-refractivity contribution in [2.45, 2.75) is 19.8 Å². The van der Waals surface area contributed by atoms with Gasteiger partial charge in [0.2, 0.25) is 11.9 Å². The summed E-state index contributed by atoms with van der Waals surface area (Å²) in [5.74, 6) is 1.10. The number of carbonyl (C=O) groups is 1. The van der Waals surface area contributed by atoms with Gasteiger partial charge in [-0.3, -0.25) is 14.7 Å². The lowest BCUT2D eigenvalue weighted by Crippen LogP contribution is -2.34. The summed E-state index contributed by atoms with van der Waals surface area (Å²) in [6.45, 7) is 2.62. The molecular formula is C19H18ClN5O. The predicted octanol–water partition coefficient (Wildman–Crippen LogP) is 3.51. The van der Waals surface area contributed by atoms with Gasteiger partial charge in [-0.25, -0.2) is 5.10 Å². The fraction of sp³-hybridized carbons (Fsp3) is 0.263. The lowest BCUT2D eigenvalue weighted by atomic mass is 9.82. The van der Waals surface area contributed by atoms with Crippen molar-refractivity contribution < 1.29 is 4.79 Å². The molecule has 1 aliphatic heterocycles. The van der Waals surface area contributed by atoms with Crippen molar-refractivity contribution in [3.05, 3.63) is 59.4 Å². The number of benzene rings is 1. The minimum absolute atomic E-state index is 0.0601. The van der Waals surface area contributed by atoms with Crippen molar-refractivity contribution in [3.8, 4) is 11.4 Å². The quantitative estimate of drug-likeness (QED) is 0.765. The van der Waals surface area contributed by atoms with E-state index < -0.39 is 5.41 Å². The highest BCUT2D eigenvalue weighted by atomic mass is 35.5. The first-order valence-electron chi connectivity index (χ1n) is 8.44. The van der Waals surface area contributed by atoms with Crippen molar-refractivity contribution in [2.24, 2.45) is 5.41 Å². The SMILES string of the molecule is CC1(Cc2ccc(Cl)cc2)CCN(c2nc(-c3ccncc3)n[nH]2)C1=O. The molecule has 1 saturated heterocycles. The number of halogens is 1. The molecule has 0 saturated carbocycles. The standard InChI is InChI=1S/C19H18ClN5O/c1-19(12-13-2-4-15(20)5-3-13)8-11-25(17(19)26)18-22-16(23-24-18)14-6-9-21-10-7-14/h2-7,9-10H,8,11-12H2,1H3,(H,22,23,24). The van der Waals surface area contributed by atoms with Crippen molar-refractivity contribution in [1.29, 1.82) is 0 Å². The van der Waals surface area contributed by atoms with Gasteiger partial charge >= 0.3 is 0 Å². The van der Waals surface area contributed by atoms with Crippen molar-refractivity contribution >= 4 is 23.5 Å². The normalized spacial score (nSPS) is 19.9. The highest BCUT2D eigenvalue weighted by molar-refractivity contribution is 6.30. The van der Waals surface area contributed by atoms with E-state index in [0.717, 1.165) is 17.5 Å². The van der Waals surface area contributed by atoms with Gasteiger partial charge in [0.15, 0.2) is 5.82 Å². The molecule has 1 unspecified atom stereocenters. The van der Waals surface area contributed by atoms with Crippen molar-refractivity contribution in [3.63, 3.8) is 0 Å². The Morgan fingerprint density at radius 2 is 1.92 bits per heavy atom. The molecule has 0 spiro atoms. The summed E-state index contributed by atoms with van der Waals surface area (Å²) in [4.78, 5) is 23.2. The van der Waals surface area contributed by atoms with Gasteiger partial charge in [-0.1, -0.05) is 30.7 Å². The Labute approximate surface area is 156 Å². The Bertz CT molecular complexity index is 925. The molecular weight excluding hydrogens is 350 g/mol. The zero-order valence-electron chi connectivity index (χ0n) is 14.3. The first kappa shape index (κ1) is 16.7. The van der Waals surface area contributed by atoms with E-state index in [-0.39, 0.29) is 5.91 Å². The molecule has 1 atom stereocenters. The average Bonchev–Trinajstić information content (AvgIpc) is 3.24. The van der Waals surface area contributed by atoms with E-state index in [9.17, 15) is 4.79 Å². The summed E-state index contributed by atoms with van der Waals surface area (Å²) in [6, 6.07) is 11.3. The molecule has 0 bridgehead atoms. The molecule has 2 aromatic heterocycles. The third-order valence-electron chi connectivity index (χ3n) is 4.82. The number of anilines is 1. The highest BCUT2D eigenvalue weighted by Gasteiger charge is 2.44. The average molecular weight is 368 g/mol. The molecule has 0 aliphatic carbocycles. The summed E-state index contributed by atoms with van der Waals surface area (Å²) in [7, 11) is 0. The highest BCUT2D eigenvalue weighted by Crippen LogP contribution is 2.37. The molecule has 0 radical (unpaired) electrons. The zero-order chi connectivity index (χ0) is 18.1. The van der Waals surface area contributed by atoms with Crippen LogP contribution in [0.2, 0.25) is 5.02 Å². The summed E-state index contributed by atoms with van der Waals surface area (Å²) < 4.78 is 0. The molecule has 1 N–H and O–H groups in total. The second-order valence-corrected chi connectivity index (χ2v) is 7.23. The van der Waals surface area contributed by atoms with E-state index in [0.29, 0.717) is 29.8 Å². The molecule has 1 fully saturated rings. The zero-order valence-corrected chi connectivity index (χ0v) is 15.1. The van der Waals surface area contributed by atoms with Crippen LogP contribution in [0.3, 0.4) is 0 Å². The van der Waals surface area contributed by atoms with Gasteiger partial charge in [-0.05, 0) is 42.7 Å². The van der Waals surface area contributed by atoms with Crippen LogP contribution in [0.25, 0.3) is 11.4 Å². The topological polar surface area (TPSA) is 74.8 Å². The lowest BCUT2D eigenvalue weighted by molar-refractivity contribution is -0.124. The Balaban J connectivity index is 1.54. The smallest absolute Gasteiger partial charge is 0.235 e. The largest absolute Gasteiger partial charge is 0.281 e. The molecule has 7 heteroatoms. The maximum absolute atomic E-state index is 13.0. The van der Waals surface area contributed by atoms with Crippen molar-refractivity contribution in [2.75, 3.05) is 11.4 Å². The van der Waals surface area contributed by atoms with Crippen molar-refractivity contribution in [1.82, 2.24) is 20.2 Å². The fourth-order valence-corrected chi connectivity index (χ4v) is 3.44. The molecule has 3 heterocycles.